The molecule has 0 aliphatic heterocycles. The van der Waals surface area contributed by atoms with Gasteiger partial charge < -0.3 is 0 Å². The lowest BCUT2D eigenvalue weighted by molar-refractivity contribution is -0.115. The Bertz CT molecular complexity index is 809. The first-order valence-corrected chi connectivity index (χ1v) is 8.47. The Morgan fingerprint density at radius 2 is 1.67 bits per heavy atom. The number of nitrogens with one attached hydrogen (secondary N) is 1. The lowest BCUT2D eigenvalue weighted by atomic mass is 10.1. The van der Waals surface area contributed by atoms with Crippen LogP contribution in [-0.4, -0.2) is 15.9 Å². The number of aryl methyl sites for hydroxylation is 1. The lowest BCUT2D eigenvalue weighted by Gasteiger charge is -2.16. The fraction of sp³-hybridized carbons (Fsp3) is 0.105. The van der Waals surface area contributed by atoms with Crippen molar-refractivity contribution in [3.63, 3.8) is 0 Å². The molecule has 3 rings (SSSR count). The van der Waals surface area contributed by atoms with Crippen molar-refractivity contribution >= 4 is 23.6 Å². The molecule has 1 atom stereocenters. The normalized spacial score (nSPS) is 11.7. The highest BCUT2D eigenvalue weighted by Gasteiger charge is 2.22. The molecule has 1 N–H and O–H groups in total. The molecule has 0 unspecified atom stereocenters. The van der Waals surface area contributed by atoms with Gasteiger partial charge in [-0.1, -0.05) is 48.5 Å². The topological polar surface area (TPSA) is 54.9 Å². The lowest BCUT2D eigenvalue weighted by Crippen LogP contribution is -2.20. The van der Waals surface area contributed by atoms with Crippen LogP contribution in [-0.2, 0) is 4.79 Å². The van der Waals surface area contributed by atoms with Gasteiger partial charge in [-0.3, -0.25) is 10.1 Å². The first kappa shape index (κ1) is 16.2. The molecule has 0 aliphatic carbocycles. The summed E-state index contributed by atoms with van der Waals surface area (Å²) in [5.41, 5.74) is 1.75. The van der Waals surface area contributed by atoms with Gasteiger partial charge in [0, 0.05) is 16.8 Å². The first-order chi connectivity index (χ1) is 11.7. The summed E-state index contributed by atoms with van der Waals surface area (Å²) in [6.07, 6.45) is 1.64. The fourth-order valence-corrected chi connectivity index (χ4v) is 3.27. The van der Waals surface area contributed by atoms with Crippen molar-refractivity contribution < 1.29 is 4.79 Å². The molecule has 120 valence electrons. The molecule has 5 heteroatoms. The Morgan fingerprint density at radius 1 is 1.00 bits per heavy atom. The minimum atomic E-state index is -0.377. The zero-order valence-electron chi connectivity index (χ0n) is 13.2. The standard InChI is InChI=1S/C19H17N3OS/c1-14-12-13-20-19(21-14)22-18(23)17(15-8-4-2-5-9-15)24-16-10-6-3-7-11-16/h2-13,17H,1H3,(H,20,21,22,23)/t17-/m1/s1. The third-order valence-corrected chi connectivity index (χ3v) is 4.63. The molecular formula is C19H17N3OS. The van der Waals surface area contributed by atoms with Crippen LogP contribution in [0.1, 0.15) is 16.5 Å². The van der Waals surface area contributed by atoms with Crippen LogP contribution in [0.2, 0.25) is 0 Å². The van der Waals surface area contributed by atoms with Gasteiger partial charge in [0.15, 0.2) is 0 Å². The molecule has 24 heavy (non-hydrogen) atoms. The summed E-state index contributed by atoms with van der Waals surface area (Å²) in [6.45, 7) is 1.87. The quantitative estimate of drug-likeness (QED) is 0.708. The van der Waals surface area contributed by atoms with Crippen molar-refractivity contribution in [1.82, 2.24) is 9.97 Å². The van der Waals surface area contributed by atoms with Crippen LogP contribution >= 0.6 is 11.8 Å². The second-order valence-corrected chi connectivity index (χ2v) is 6.41. The van der Waals surface area contributed by atoms with E-state index < -0.39 is 0 Å². The molecule has 1 amide bonds. The number of hydrogen-bond donors (Lipinski definition) is 1. The zero-order chi connectivity index (χ0) is 16.8. The van der Waals surface area contributed by atoms with E-state index >= 15 is 0 Å². The highest BCUT2D eigenvalue weighted by atomic mass is 32.2. The number of anilines is 1. The van der Waals surface area contributed by atoms with Crippen molar-refractivity contribution in [1.29, 1.82) is 0 Å². The molecule has 1 heterocycles. The molecule has 3 aromatic rings. The van der Waals surface area contributed by atoms with Gasteiger partial charge in [0.25, 0.3) is 0 Å². The fourth-order valence-electron chi connectivity index (χ4n) is 2.22. The number of benzene rings is 2. The van der Waals surface area contributed by atoms with Crippen LogP contribution in [0, 0.1) is 6.92 Å². The Hall–Kier alpha value is -2.66. The predicted molar refractivity (Wildman–Crippen MR) is 96.9 cm³/mol. The van der Waals surface area contributed by atoms with E-state index in [1.165, 1.54) is 11.8 Å². The Morgan fingerprint density at radius 3 is 2.33 bits per heavy atom. The monoisotopic (exact) mass is 335 g/mol. The number of thioether (sulfide) groups is 1. The molecule has 0 bridgehead atoms. The van der Waals surface area contributed by atoms with E-state index in [1.54, 1.807) is 12.3 Å². The van der Waals surface area contributed by atoms with Crippen LogP contribution in [0.15, 0.2) is 77.8 Å². The van der Waals surface area contributed by atoms with E-state index in [0.717, 1.165) is 16.2 Å². The van der Waals surface area contributed by atoms with E-state index in [-0.39, 0.29) is 11.2 Å². The van der Waals surface area contributed by atoms with Crippen molar-refractivity contribution in [2.45, 2.75) is 17.1 Å². The summed E-state index contributed by atoms with van der Waals surface area (Å²) in [7, 11) is 0. The van der Waals surface area contributed by atoms with Crippen molar-refractivity contribution in [2.24, 2.45) is 0 Å². The van der Waals surface area contributed by atoms with Crippen LogP contribution < -0.4 is 5.32 Å². The van der Waals surface area contributed by atoms with Crippen molar-refractivity contribution in [3.05, 3.63) is 84.2 Å². The summed E-state index contributed by atoms with van der Waals surface area (Å²) < 4.78 is 0. The second-order valence-electron chi connectivity index (χ2n) is 5.23. The number of aromatic nitrogens is 2. The van der Waals surface area contributed by atoms with Crippen molar-refractivity contribution in [3.8, 4) is 0 Å². The number of amides is 1. The van der Waals surface area contributed by atoms with Gasteiger partial charge in [-0.15, -0.1) is 11.8 Å². The molecule has 0 fully saturated rings. The number of nitrogens with zero attached hydrogens (tertiary/aromatic N) is 2. The summed E-state index contributed by atoms with van der Waals surface area (Å²) in [6, 6.07) is 21.4. The van der Waals surface area contributed by atoms with E-state index in [9.17, 15) is 4.79 Å². The maximum Gasteiger partial charge on any atom is 0.244 e. The molecular weight excluding hydrogens is 318 g/mol. The number of hydrogen-bond acceptors (Lipinski definition) is 4. The van der Waals surface area contributed by atoms with Crippen molar-refractivity contribution in [2.75, 3.05) is 5.32 Å². The van der Waals surface area contributed by atoms with Gasteiger partial charge in [-0.25, -0.2) is 9.97 Å². The largest absolute Gasteiger partial charge is 0.293 e. The third kappa shape index (κ3) is 4.20. The van der Waals surface area contributed by atoms with Gasteiger partial charge in [-0.05, 0) is 30.7 Å². The van der Waals surface area contributed by atoms with Crippen LogP contribution in [0.5, 0.6) is 0 Å². The summed E-state index contributed by atoms with van der Waals surface area (Å²) in [4.78, 5) is 22.2. The van der Waals surface area contributed by atoms with Gasteiger partial charge in [-0.2, -0.15) is 0 Å². The molecule has 0 saturated carbocycles. The van der Waals surface area contributed by atoms with Crippen LogP contribution in [0.3, 0.4) is 0 Å². The van der Waals surface area contributed by atoms with Crippen LogP contribution in [0.25, 0.3) is 0 Å². The van der Waals surface area contributed by atoms with E-state index in [4.69, 9.17) is 0 Å². The maximum atomic E-state index is 12.8. The summed E-state index contributed by atoms with van der Waals surface area (Å²) >= 11 is 1.51. The Kier molecular flexibility index (Phi) is 5.23. The van der Waals surface area contributed by atoms with E-state index in [0.29, 0.717) is 5.95 Å². The van der Waals surface area contributed by atoms with E-state index in [1.807, 2.05) is 67.6 Å². The van der Waals surface area contributed by atoms with Gasteiger partial charge in [0.2, 0.25) is 11.9 Å². The minimum Gasteiger partial charge on any atom is -0.293 e. The second kappa shape index (κ2) is 7.75. The maximum absolute atomic E-state index is 12.8. The molecule has 1 aromatic heterocycles. The Labute approximate surface area is 145 Å². The summed E-state index contributed by atoms with van der Waals surface area (Å²) in [5.74, 6) is 0.190. The zero-order valence-corrected chi connectivity index (χ0v) is 14.0. The molecule has 2 aromatic carbocycles. The summed E-state index contributed by atoms with van der Waals surface area (Å²) in [5, 5.41) is 2.44. The number of rotatable bonds is 5. The average molecular weight is 335 g/mol. The van der Waals surface area contributed by atoms with Gasteiger partial charge in [0.05, 0.1) is 0 Å². The van der Waals surface area contributed by atoms with Crippen LogP contribution in [0.4, 0.5) is 5.95 Å². The molecule has 0 aliphatic rings. The SMILES string of the molecule is Cc1ccnc(NC(=O)[C@H](Sc2ccccc2)c2ccccc2)n1. The number of carbonyl (C=O) groups excluding carboxylic acids is 1. The highest BCUT2D eigenvalue weighted by Crippen LogP contribution is 2.35. The van der Waals surface area contributed by atoms with E-state index in [2.05, 4.69) is 15.3 Å². The number of carbonyl (C=O) groups is 1. The highest BCUT2D eigenvalue weighted by molar-refractivity contribution is 8.00. The molecule has 0 saturated heterocycles. The minimum absolute atomic E-state index is 0.138. The van der Waals surface area contributed by atoms with Gasteiger partial charge in [0.1, 0.15) is 5.25 Å². The smallest absolute Gasteiger partial charge is 0.244 e. The molecule has 0 radical (unpaired) electrons. The molecule has 0 spiro atoms. The van der Waals surface area contributed by atoms with Gasteiger partial charge >= 0.3 is 0 Å². The first-order valence-electron chi connectivity index (χ1n) is 7.59. The molecule has 4 nitrogen and oxygen atoms in total. The predicted octanol–water partition coefficient (Wildman–Crippen LogP) is 4.26. The average Bonchev–Trinajstić information content (AvgIpc) is 2.61. The third-order valence-electron chi connectivity index (χ3n) is 3.37. The Balaban J connectivity index is 1.85.